The summed E-state index contributed by atoms with van der Waals surface area (Å²) in [7, 11) is 0. The van der Waals surface area contributed by atoms with Gasteiger partial charge in [-0.05, 0) is 12.0 Å². The molecular formula is C27H36N6O6S5. The minimum atomic E-state index is -1.18. The molecule has 0 saturated carbocycles. The second-order valence-corrected chi connectivity index (χ2v) is 15.7. The van der Waals surface area contributed by atoms with Crippen LogP contribution in [0.15, 0.2) is 25.3 Å². The first-order chi connectivity index (χ1) is 21.3. The number of carboxylic acid groups (broad SMARTS) is 1. The maximum absolute atomic E-state index is 12.9. The number of hydrogen-bond donors (Lipinski definition) is 3. The van der Waals surface area contributed by atoms with Crippen LogP contribution in [-0.4, -0.2) is 84.2 Å². The predicted octanol–water partition coefficient (Wildman–Crippen LogP) is 4.43. The standard InChI is InChI=1S/C27H36N6O6S5/c1-2-3-4-5-6-7-8-9-19(35)39-10-11-40-26-31-32-27(44-26)43-14-16-13-41-23-20(22(36)33(23)21(16)24(37)38)30-18(34)12-17-15-42-25(28)29-17/h15,20,23H,2-14H2,1H3,(H2,28,29)(H,30,34)(H,37,38)/t20?,23-/m1/s1. The Morgan fingerprint density at radius 2 is 1.86 bits per heavy atom. The van der Waals surface area contributed by atoms with Crippen LogP contribution in [0.1, 0.15) is 64.0 Å². The van der Waals surface area contributed by atoms with E-state index in [0.717, 1.165) is 23.6 Å². The monoisotopic (exact) mass is 700 g/mol. The zero-order valence-electron chi connectivity index (χ0n) is 24.3. The maximum Gasteiger partial charge on any atom is 0.352 e. The number of aliphatic carboxylic acids is 1. The second-order valence-electron chi connectivity index (χ2n) is 10.1. The normalized spacial score (nSPS) is 17.8. The van der Waals surface area contributed by atoms with E-state index in [4.69, 9.17) is 10.5 Å². The van der Waals surface area contributed by atoms with Gasteiger partial charge in [-0.2, -0.15) is 0 Å². The van der Waals surface area contributed by atoms with Crippen LogP contribution in [0, 0.1) is 0 Å². The van der Waals surface area contributed by atoms with Crippen LogP contribution in [0.4, 0.5) is 5.13 Å². The lowest BCUT2D eigenvalue weighted by Gasteiger charge is -2.49. The van der Waals surface area contributed by atoms with Gasteiger partial charge in [-0.25, -0.2) is 9.78 Å². The lowest BCUT2D eigenvalue weighted by molar-refractivity contribution is -0.150. The van der Waals surface area contributed by atoms with E-state index >= 15 is 0 Å². The van der Waals surface area contributed by atoms with E-state index in [-0.39, 0.29) is 24.0 Å². The molecule has 2 aromatic rings. The van der Waals surface area contributed by atoms with Gasteiger partial charge in [0.1, 0.15) is 23.7 Å². The van der Waals surface area contributed by atoms with Gasteiger partial charge >= 0.3 is 11.9 Å². The number of aromatic nitrogens is 3. The minimum absolute atomic E-state index is 0.00896. The maximum atomic E-state index is 12.9. The summed E-state index contributed by atoms with van der Waals surface area (Å²) in [6.07, 6.45) is 8.52. The minimum Gasteiger partial charge on any atom is -0.477 e. The van der Waals surface area contributed by atoms with Crippen molar-refractivity contribution >= 4 is 86.8 Å². The Labute approximate surface area is 276 Å². The Hall–Kier alpha value is -2.34. The van der Waals surface area contributed by atoms with Crippen molar-refractivity contribution in [2.24, 2.45) is 0 Å². The molecular weight excluding hydrogens is 665 g/mol. The van der Waals surface area contributed by atoms with Crippen LogP contribution < -0.4 is 11.1 Å². The van der Waals surface area contributed by atoms with Gasteiger partial charge in [0, 0.05) is 29.1 Å². The number of carbonyl (C=O) groups excluding carboxylic acids is 3. The smallest absolute Gasteiger partial charge is 0.352 e. The van der Waals surface area contributed by atoms with Gasteiger partial charge in [0.05, 0.1) is 12.1 Å². The highest BCUT2D eigenvalue weighted by Gasteiger charge is 2.54. The molecule has 2 atom stereocenters. The fourth-order valence-corrected chi connectivity index (χ4v) is 9.59. The third kappa shape index (κ3) is 9.83. The van der Waals surface area contributed by atoms with Crippen LogP contribution in [0.5, 0.6) is 0 Å². The first-order valence-corrected chi connectivity index (χ1v) is 19.1. The van der Waals surface area contributed by atoms with Crippen molar-refractivity contribution in [3.63, 3.8) is 0 Å². The number of rotatable bonds is 19. The number of fused-ring (bicyclic) bond motifs is 1. The summed E-state index contributed by atoms with van der Waals surface area (Å²) in [5.74, 6) is -0.865. The molecule has 44 heavy (non-hydrogen) atoms. The van der Waals surface area contributed by atoms with Crippen LogP contribution >= 0.6 is 58.0 Å². The van der Waals surface area contributed by atoms with Gasteiger partial charge in [-0.1, -0.05) is 80.3 Å². The number of nitrogens with two attached hydrogens (primary N) is 1. The number of nitrogen functional groups attached to an aromatic ring is 1. The van der Waals surface area contributed by atoms with Crippen LogP contribution in [-0.2, 0) is 30.3 Å². The topological polar surface area (TPSA) is 178 Å². The van der Waals surface area contributed by atoms with Crippen molar-refractivity contribution in [3.8, 4) is 0 Å². The lowest BCUT2D eigenvalue weighted by Crippen LogP contribution is -2.70. The number of unbranched alkanes of at least 4 members (excludes halogenated alkanes) is 6. The van der Waals surface area contributed by atoms with Crippen molar-refractivity contribution in [3.05, 3.63) is 22.3 Å². The second kappa shape index (κ2) is 17.4. The number of thiazole rings is 1. The highest BCUT2D eigenvalue weighted by Crippen LogP contribution is 2.42. The molecule has 2 amide bonds. The molecule has 240 valence electrons. The molecule has 0 aliphatic carbocycles. The zero-order valence-corrected chi connectivity index (χ0v) is 28.4. The molecule has 2 aliphatic heterocycles. The molecule has 1 fully saturated rings. The average molecular weight is 701 g/mol. The van der Waals surface area contributed by atoms with E-state index in [1.54, 1.807) is 5.38 Å². The van der Waals surface area contributed by atoms with Crippen LogP contribution in [0.2, 0.25) is 0 Å². The fraction of sp³-hybridized carbons (Fsp3) is 0.593. The number of β-lactam (4-membered cyclic amide) rings is 1. The summed E-state index contributed by atoms with van der Waals surface area (Å²) in [5, 5.41) is 22.6. The molecule has 0 bridgehead atoms. The van der Waals surface area contributed by atoms with E-state index in [9.17, 15) is 24.3 Å². The van der Waals surface area contributed by atoms with Crippen LogP contribution in [0.25, 0.3) is 0 Å². The molecule has 12 nitrogen and oxygen atoms in total. The predicted molar refractivity (Wildman–Crippen MR) is 175 cm³/mol. The molecule has 1 unspecified atom stereocenters. The zero-order chi connectivity index (χ0) is 31.5. The lowest BCUT2D eigenvalue weighted by atomic mass is 10.0. The summed E-state index contributed by atoms with van der Waals surface area (Å²) in [4.78, 5) is 54.8. The van der Waals surface area contributed by atoms with Crippen molar-refractivity contribution < 1.29 is 29.0 Å². The Morgan fingerprint density at radius 1 is 1.14 bits per heavy atom. The van der Waals surface area contributed by atoms with Gasteiger partial charge in [-0.15, -0.1) is 33.3 Å². The number of ether oxygens (including phenoxy) is 1. The average Bonchev–Trinajstić information content (AvgIpc) is 3.63. The van der Waals surface area contributed by atoms with Gasteiger partial charge in [-0.3, -0.25) is 19.3 Å². The summed E-state index contributed by atoms with van der Waals surface area (Å²) < 4.78 is 6.74. The number of hydrogen-bond acceptors (Lipinski definition) is 14. The number of esters is 1. The molecule has 2 aliphatic rings. The SMILES string of the molecule is CCCCCCCCCC(=O)OCCSc1nnc(SCC2=C(C(=O)O)N3C(=O)C(NC(=O)Cc4csc(N)n4)[C@H]3SC2)s1. The van der Waals surface area contributed by atoms with E-state index < -0.39 is 23.3 Å². The molecule has 2 aromatic heterocycles. The first kappa shape index (κ1) is 34.5. The number of nitrogens with zero attached hydrogens (tertiary/aromatic N) is 4. The highest BCUT2D eigenvalue weighted by molar-refractivity contribution is 8.03. The van der Waals surface area contributed by atoms with E-state index in [1.165, 1.54) is 88.5 Å². The molecule has 17 heteroatoms. The number of carboxylic acids is 1. The Balaban J connectivity index is 1.18. The number of anilines is 1. The van der Waals surface area contributed by atoms with Crippen molar-refractivity contribution in [1.29, 1.82) is 0 Å². The summed E-state index contributed by atoms with van der Waals surface area (Å²) in [6, 6.07) is -0.797. The summed E-state index contributed by atoms with van der Waals surface area (Å²) in [5.41, 5.74) is 6.70. The number of amides is 2. The Morgan fingerprint density at radius 3 is 2.57 bits per heavy atom. The quantitative estimate of drug-likeness (QED) is 0.0813. The van der Waals surface area contributed by atoms with E-state index in [1.807, 2.05) is 0 Å². The van der Waals surface area contributed by atoms with Gasteiger partial charge < -0.3 is 20.9 Å². The highest BCUT2D eigenvalue weighted by atomic mass is 32.2. The van der Waals surface area contributed by atoms with Crippen molar-refractivity contribution in [2.75, 3.05) is 29.6 Å². The Kier molecular flexibility index (Phi) is 13.6. The largest absolute Gasteiger partial charge is 0.477 e. The number of carbonyl (C=O) groups is 4. The van der Waals surface area contributed by atoms with Gasteiger partial charge in [0.15, 0.2) is 13.8 Å². The van der Waals surface area contributed by atoms with Crippen molar-refractivity contribution in [2.45, 2.75) is 84.8 Å². The molecule has 4 N–H and O–H groups in total. The van der Waals surface area contributed by atoms with E-state index in [2.05, 4.69) is 27.4 Å². The number of nitrogens with one attached hydrogen (secondary N) is 1. The molecule has 4 rings (SSSR count). The fourth-order valence-electron chi connectivity index (χ4n) is 4.63. The van der Waals surface area contributed by atoms with Crippen LogP contribution in [0.3, 0.4) is 0 Å². The molecule has 1 saturated heterocycles. The molecule has 0 radical (unpaired) electrons. The van der Waals surface area contributed by atoms with E-state index in [0.29, 0.717) is 51.0 Å². The van der Waals surface area contributed by atoms with Gasteiger partial charge in [0.25, 0.3) is 5.91 Å². The third-order valence-electron chi connectivity index (χ3n) is 6.79. The van der Waals surface area contributed by atoms with Gasteiger partial charge in [0.2, 0.25) is 5.91 Å². The first-order valence-electron chi connectivity index (χ1n) is 14.4. The summed E-state index contributed by atoms with van der Waals surface area (Å²) >= 11 is 6.85. The molecule has 0 aromatic carbocycles. The Bertz CT molecular complexity index is 1350. The summed E-state index contributed by atoms with van der Waals surface area (Å²) in [6.45, 7) is 2.50. The third-order valence-corrected chi connectivity index (χ3v) is 12.1. The van der Waals surface area contributed by atoms with Crippen molar-refractivity contribution in [1.82, 2.24) is 25.4 Å². The molecule has 4 heterocycles. The number of thioether (sulfide) groups is 3. The molecule has 0 spiro atoms.